The normalized spacial score (nSPS) is 30.0. The molecule has 0 fully saturated rings. The van der Waals surface area contributed by atoms with E-state index >= 15 is 0 Å². The van der Waals surface area contributed by atoms with Gasteiger partial charge in [-0.3, -0.25) is 4.79 Å². The predicted octanol–water partition coefficient (Wildman–Crippen LogP) is -1.25. The molecule has 5 N–H and O–H groups in total. The Bertz CT molecular complexity index is 223. The van der Waals surface area contributed by atoms with Crippen LogP contribution in [-0.4, -0.2) is 23.6 Å². The summed E-state index contributed by atoms with van der Waals surface area (Å²) in [5.41, 5.74) is 9.53. The number of hydrogen-bond acceptors (Lipinski definition) is 3. The van der Waals surface area contributed by atoms with Crippen LogP contribution in [0.3, 0.4) is 0 Å². The Morgan fingerprint density at radius 1 is 2.12 bits per heavy atom. The molecule has 0 bridgehead atoms. The monoisotopic (exact) mass is 123 g/mol. The zero-order chi connectivity index (χ0) is 11.1. The lowest BCUT2D eigenvalue weighted by Gasteiger charge is -2.00. The standard InChI is InChI=1S/C4H10N2O2/c5-2-1-3(6)4(7)8/h3H,1-2,5-6H2,(H,7,8)/i1D2,2D2,3D. The van der Waals surface area contributed by atoms with Gasteiger partial charge in [0.2, 0.25) is 0 Å². The molecule has 0 spiro atoms. The lowest BCUT2D eigenvalue weighted by Crippen LogP contribution is -2.32. The van der Waals surface area contributed by atoms with E-state index in [2.05, 4.69) is 0 Å². The highest BCUT2D eigenvalue weighted by molar-refractivity contribution is 5.72. The van der Waals surface area contributed by atoms with Crippen LogP contribution in [0, 0.1) is 0 Å². The highest BCUT2D eigenvalue weighted by Gasteiger charge is 2.07. The quantitative estimate of drug-likeness (QED) is 0.437. The van der Waals surface area contributed by atoms with Gasteiger partial charge in [0.25, 0.3) is 0 Å². The van der Waals surface area contributed by atoms with Crippen molar-refractivity contribution in [1.82, 2.24) is 0 Å². The molecule has 0 saturated carbocycles. The van der Waals surface area contributed by atoms with Crippen LogP contribution in [-0.2, 0) is 4.79 Å². The van der Waals surface area contributed by atoms with E-state index in [0.29, 0.717) is 0 Å². The van der Waals surface area contributed by atoms with E-state index in [1.807, 2.05) is 0 Å². The van der Waals surface area contributed by atoms with Gasteiger partial charge in [-0.25, -0.2) is 0 Å². The van der Waals surface area contributed by atoms with E-state index in [-0.39, 0.29) is 0 Å². The molecule has 4 heteroatoms. The second-order valence-electron chi connectivity index (χ2n) is 0.988. The Morgan fingerprint density at radius 2 is 2.62 bits per heavy atom. The van der Waals surface area contributed by atoms with Crippen molar-refractivity contribution in [2.75, 3.05) is 6.50 Å². The van der Waals surface area contributed by atoms with E-state index < -0.39 is 24.9 Å². The average molecular weight is 123 g/mol. The summed E-state index contributed by atoms with van der Waals surface area (Å²) in [5.74, 6) is -1.98. The molecule has 0 aliphatic heterocycles. The zero-order valence-corrected chi connectivity index (χ0v) is 4.01. The summed E-state index contributed by atoms with van der Waals surface area (Å²) in [5, 5.41) is 8.37. The fourth-order valence-corrected chi connectivity index (χ4v) is 0.131. The van der Waals surface area contributed by atoms with Gasteiger partial charge in [0, 0.05) is 5.48 Å². The van der Waals surface area contributed by atoms with E-state index in [9.17, 15) is 4.79 Å². The van der Waals surface area contributed by atoms with Crippen LogP contribution in [0.2, 0.25) is 0 Å². The summed E-state index contributed by atoms with van der Waals surface area (Å²) in [6.07, 6.45) is -3.19. The fourth-order valence-electron chi connectivity index (χ4n) is 0.131. The molecule has 0 aromatic heterocycles. The first-order chi connectivity index (χ1) is 5.44. The largest absolute Gasteiger partial charge is 0.480 e. The van der Waals surface area contributed by atoms with Crippen LogP contribution >= 0.6 is 0 Å². The van der Waals surface area contributed by atoms with Crippen LogP contribution < -0.4 is 11.5 Å². The van der Waals surface area contributed by atoms with Crippen LogP contribution in [0.1, 0.15) is 13.2 Å². The molecule has 0 heterocycles. The van der Waals surface area contributed by atoms with Crippen molar-refractivity contribution < 1.29 is 16.8 Å². The number of nitrogens with two attached hydrogens (primary N) is 2. The summed E-state index contributed by atoms with van der Waals surface area (Å²) in [4.78, 5) is 10.3. The molecule has 0 radical (unpaired) electrons. The smallest absolute Gasteiger partial charge is 0.320 e. The average Bonchev–Trinajstić information content (AvgIpc) is 1.84. The highest BCUT2D eigenvalue weighted by Crippen LogP contribution is 1.82. The molecule has 0 aliphatic rings. The molecule has 48 valence electrons. The van der Waals surface area contributed by atoms with Crippen LogP contribution in [0.15, 0.2) is 0 Å². The van der Waals surface area contributed by atoms with Crippen LogP contribution in [0.25, 0.3) is 0 Å². The molecule has 1 atom stereocenters. The van der Waals surface area contributed by atoms with Gasteiger partial charge >= 0.3 is 5.97 Å². The molecule has 0 aliphatic carbocycles. The number of hydrogen-bond donors (Lipinski definition) is 3. The Labute approximate surface area is 54.5 Å². The summed E-state index contributed by atoms with van der Waals surface area (Å²) >= 11 is 0. The number of rotatable bonds is 3. The van der Waals surface area contributed by atoms with Gasteiger partial charge in [-0.05, 0) is 12.9 Å². The van der Waals surface area contributed by atoms with Crippen molar-refractivity contribution in [3.8, 4) is 0 Å². The maximum Gasteiger partial charge on any atom is 0.320 e. The third-order valence-electron chi connectivity index (χ3n) is 0.437. The topological polar surface area (TPSA) is 89.3 Å². The van der Waals surface area contributed by atoms with Gasteiger partial charge in [-0.1, -0.05) is 0 Å². The van der Waals surface area contributed by atoms with Crippen molar-refractivity contribution in [3.05, 3.63) is 0 Å². The minimum atomic E-state index is -3.19. The van der Waals surface area contributed by atoms with E-state index in [0.717, 1.165) is 0 Å². The van der Waals surface area contributed by atoms with Gasteiger partial charge in [0.05, 0.1) is 1.37 Å². The zero-order valence-electron chi connectivity index (χ0n) is 9.01. The summed E-state index contributed by atoms with van der Waals surface area (Å²) < 4.78 is 34.5. The number of carboxylic acid groups (broad SMARTS) is 1. The Hall–Kier alpha value is -0.610. The summed E-state index contributed by atoms with van der Waals surface area (Å²) in [6.45, 7) is -3.00. The maximum atomic E-state index is 10.3. The second-order valence-corrected chi connectivity index (χ2v) is 0.988. The first kappa shape index (κ1) is 2.33. The lowest BCUT2D eigenvalue weighted by molar-refractivity contribution is -0.138. The van der Waals surface area contributed by atoms with Gasteiger partial charge in [0.15, 0.2) is 0 Å². The number of aliphatic carboxylic acids is 1. The Kier molecular flexibility index (Phi) is 0.988. The molecule has 0 amide bonds. The van der Waals surface area contributed by atoms with E-state index in [1.54, 1.807) is 0 Å². The molecule has 1 unspecified atom stereocenters. The second kappa shape index (κ2) is 3.40. The molecule has 0 saturated heterocycles. The minimum absolute atomic E-state index is 1.98. The van der Waals surface area contributed by atoms with Crippen LogP contribution in [0.4, 0.5) is 0 Å². The Balaban J connectivity index is 5.16. The number of carboxylic acids is 1. The third-order valence-corrected chi connectivity index (χ3v) is 0.437. The van der Waals surface area contributed by atoms with E-state index in [4.69, 9.17) is 23.4 Å². The van der Waals surface area contributed by atoms with Crippen molar-refractivity contribution in [1.29, 1.82) is 0 Å². The minimum Gasteiger partial charge on any atom is -0.480 e. The van der Waals surface area contributed by atoms with Crippen molar-refractivity contribution in [3.63, 3.8) is 0 Å². The highest BCUT2D eigenvalue weighted by atomic mass is 16.4. The van der Waals surface area contributed by atoms with E-state index in [1.165, 1.54) is 0 Å². The predicted molar refractivity (Wildman–Crippen MR) is 29.3 cm³/mol. The van der Waals surface area contributed by atoms with Gasteiger partial charge < -0.3 is 16.6 Å². The molecular weight excluding hydrogens is 108 g/mol. The van der Waals surface area contributed by atoms with Crippen molar-refractivity contribution in [2.24, 2.45) is 11.5 Å². The van der Waals surface area contributed by atoms with Gasteiger partial charge in [0.1, 0.15) is 6.02 Å². The first-order valence-corrected chi connectivity index (χ1v) is 1.76. The molecule has 8 heavy (non-hydrogen) atoms. The van der Waals surface area contributed by atoms with Crippen molar-refractivity contribution >= 4 is 5.97 Å². The maximum absolute atomic E-state index is 10.3. The summed E-state index contributed by atoms with van der Waals surface area (Å²) in [6, 6.07) is -3.12. The molecular formula is C4H10N2O2. The Morgan fingerprint density at radius 3 is 2.75 bits per heavy atom. The number of carbonyl (C=O) groups is 1. The SMILES string of the molecule is [2H]C([2H])(N)C([2H])([2H])C([2H])(N)C(=O)O. The molecule has 0 aromatic rings. The molecule has 4 nitrogen and oxygen atoms in total. The van der Waals surface area contributed by atoms with Crippen LogP contribution in [0.5, 0.6) is 0 Å². The third kappa shape index (κ3) is 2.54. The molecule has 0 rings (SSSR count). The van der Waals surface area contributed by atoms with Gasteiger partial charge in [-0.15, -0.1) is 0 Å². The molecule has 0 aromatic carbocycles. The fraction of sp³-hybridized carbons (Fsp3) is 0.750. The van der Waals surface area contributed by atoms with Crippen molar-refractivity contribution in [2.45, 2.75) is 12.4 Å². The van der Waals surface area contributed by atoms with Gasteiger partial charge in [-0.2, -0.15) is 0 Å². The first-order valence-electron chi connectivity index (χ1n) is 4.26. The lowest BCUT2D eigenvalue weighted by atomic mass is 10.2. The summed E-state index contributed by atoms with van der Waals surface area (Å²) in [7, 11) is 0.